The third-order valence-corrected chi connectivity index (χ3v) is 6.71. The third-order valence-electron chi connectivity index (χ3n) is 6.71. The molecule has 0 aromatic heterocycles. The molecule has 1 saturated heterocycles. The molecule has 1 amide bonds. The number of rotatable bonds is 6. The van der Waals surface area contributed by atoms with Crippen LogP contribution >= 0.6 is 0 Å². The van der Waals surface area contributed by atoms with Crippen LogP contribution in [0.3, 0.4) is 0 Å². The number of piperidine rings is 1. The summed E-state index contributed by atoms with van der Waals surface area (Å²) >= 11 is 0. The Morgan fingerprint density at radius 1 is 1.10 bits per heavy atom. The molecule has 0 radical (unpaired) electrons. The maximum atomic E-state index is 13.1. The summed E-state index contributed by atoms with van der Waals surface area (Å²) in [5.41, 5.74) is 10.8. The van der Waals surface area contributed by atoms with Gasteiger partial charge >= 0.3 is 6.09 Å². The topological polar surface area (TPSA) is 55.6 Å². The van der Waals surface area contributed by atoms with Gasteiger partial charge in [-0.2, -0.15) is 0 Å². The largest absolute Gasteiger partial charge is 0.448 e. The van der Waals surface area contributed by atoms with Crippen molar-refractivity contribution >= 4 is 6.09 Å². The predicted octanol–water partition coefficient (Wildman–Crippen LogP) is 5.41. The number of ether oxygens (including phenoxy) is 1. The van der Waals surface area contributed by atoms with E-state index in [4.69, 9.17) is 10.5 Å². The lowest BCUT2D eigenvalue weighted by atomic mass is 9.85. The smallest absolute Gasteiger partial charge is 0.410 e. The average Bonchev–Trinajstić information content (AvgIpc) is 3.06. The number of carbonyl (C=O) groups is 1. The number of amides is 1. The molecule has 1 aliphatic heterocycles. The van der Waals surface area contributed by atoms with Gasteiger partial charge in [0, 0.05) is 18.5 Å². The second kappa shape index (κ2) is 9.22. The Hall–Kier alpha value is -2.33. The first-order valence-electron chi connectivity index (χ1n) is 11.4. The average molecular weight is 407 g/mol. The molecule has 0 spiro atoms. The molecule has 2 aromatic rings. The summed E-state index contributed by atoms with van der Waals surface area (Å²) in [5.74, 6) is 1.28. The molecule has 4 rings (SSSR count). The molecular formula is C26H34N2O2. The monoisotopic (exact) mass is 406 g/mol. The number of carbonyl (C=O) groups excluding carboxylic acids is 1. The molecule has 0 saturated carbocycles. The fraction of sp³-hybridized carbons (Fsp3) is 0.500. The van der Waals surface area contributed by atoms with Crippen molar-refractivity contribution in [3.8, 4) is 11.1 Å². The van der Waals surface area contributed by atoms with Gasteiger partial charge in [-0.25, -0.2) is 4.79 Å². The van der Waals surface area contributed by atoms with Gasteiger partial charge in [-0.05, 0) is 66.3 Å². The number of likely N-dealkylation sites (tertiary alicyclic amines) is 1. The minimum atomic E-state index is -0.159. The lowest BCUT2D eigenvalue weighted by Gasteiger charge is -2.39. The lowest BCUT2D eigenvalue weighted by Crippen LogP contribution is -2.47. The van der Waals surface area contributed by atoms with Gasteiger partial charge in [0.2, 0.25) is 0 Å². The van der Waals surface area contributed by atoms with Crippen LogP contribution < -0.4 is 5.73 Å². The van der Waals surface area contributed by atoms with Crippen LogP contribution in [0, 0.1) is 11.8 Å². The van der Waals surface area contributed by atoms with Gasteiger partial charge in [0.05, 0.1) is 0 Å². The summed E-state index contributed by atoms with van der Waals surface area (Å²) in [6, 6.07) is 17.2. The Labute approximate surface area is 180 Å². The zero-order valence-electron chi connectivity index (χ0n) is 18.2. The van der Waals surface area contributed by atoms with E-state index in [9.17, 15) is 4.79 Å². The molecule has 4 heteroatoms. The molecular weight excluding hydrogens is 372 g/mol. The highest BCUT2D eigenvalue weighted by molar-refractivity contribution is 5.79. The number of fused-ring (bicyclic) bond motifs is 3. The predicted molar refractivity (Wildman–Crippen MR) is 121 cm³/mol. The maximum absolute atomic E-state index is 13.1. The molecule has 2 atom stereocenters. The fourth-order valence-electron chi connectivity index (χ4n) is 5.32. The van der Waals surface area contributed by atoms with E-state index in [0.29, 0.717) is 18.4 Å². The van der Waals surface area contributed by atoms with Crippen LogP contribution in [0.15, 0.2) is 48.5 Å². The minimum Gasteiger partial charge on any atom is -0.448 e. The van der Waals surface area contributed by atoms with Crippen LogP contribution in [-0.2, 0) is 4.74 Å². The van der Waals surface area contributed by atoms with E-state index in [1.807, 2.05) is 4.90 Å². The van der Waals surface area contributed by atoms with Crippen LogP contribution in [0.1, 0.15) is 56.6 Å². The van der Waals surface area contributed by atoms with Crippen LogP contribution in [0.25, 0.3) is 11.1 Å². The highest BCUT2D eigenvalue weighted by Crippen LogP contribution is 2.44. The third kappa shape index (κ3) is 4.24. The molecule has 4 nitrogen and oxygen atoms in total. The molecule has 160 valence electrons. The van der Waals surface area contributed by atoms with Crippen LogP contribution in [0.4, 0.5) is 4.79 Å². The number of hydrogen-bond donors (Lipinski definition) is 1. The van der Waals surface area contributed by atoms with Gasteiger partial charge in [0.1, 0.15) is 6.61 Å². The zero-order valence-corrected chi connectivity index (χ0v) is 18.2. The minimum absolute atomic E-state index is 0.111. The molecule has 2 N–H and O–H groups in total. The maximum Gasteiger partial charge on any atom is 0.410 e. The van der Waals surface area contributed by atoms with Crippen molar-refractivity contribution in [2.75, 3.05) is 19.7 Å². The fourth-order valence-corrected chi connectivity index (χ4v) is 5.32. The molecule has 2 aromatic carbocycles. The van der Waals surface area contributed by atoms with E-state index < -0.39 is 0 Å². The molecule has 0 bridgehead atoms. The SMILES string of the molecule is CC(C)CC1CC(CCN)CCN1C(=O)OCC1c2ccccc2-c2ccccc21. The molecule has 2 unspecified atom stereocenters. The summed E-state index contributed by atoms with van der Waals surface area (Å²) in [7, 11) is 0. The Kier molecular flexibility index (Phi) is 6.43. The summed E-state index contributed by atoms with van der Waals surface area (Å²) in [6.07, 6.45) is 3.97. The van der Waals surface area contributed by atoms with Gasteiger partial charge in [0.15, 0.2) is 0 Å². The quantitative estimate of drug-likeness (QED) is 0.698. The second-order valence-corrected chi connectivity index (χ2v) is 9.25. The van der Waals surface area contributed by atoms with Crippen molar-refractivity contribution in [1.29, 1.82) is 0 Å². The molecule has 1 aliphatic carbocycles. The Balaban J connectivity index is 1.46. The molecule has 30 heavy (non-hydrogen) atoms. The van der Waals surface area contributed by atoms with Gasteiger partial charge in [0.25, 0.3) is 0 Å². The lowest BCUT2D eigenvalue weighted by molar-refractivity contribution is 0.0530. The van der Waals surface area contributed by atoms with E-state index >= 15 is 0 Å². The van der Waals surface area contributed by atoms with Crippen molar-refractivity contribution in [3.63, 3.8) is 0 Å². The Bertz CT molecular complexity index is 833. The van der Waals surface area contributed by atoms with Gasteiger partial charge in [-0.1, -0.05) is 62.4 Å². The first-order chi connectivity index (χ1) is 14.6. The first-order valence-corrected chi connectivity index (χ1v) is 11.4. The first kappa shape index (κ1) is 20.9. The number of nitrogens with two attached hydrogens (primary N) is 1. The summed E-state index contributed by atoms with van der Waals surface area (Å²) in [5, 5.41) is 0. The van der Waals surface area contributed by atoms with E-state index in [-0.39, 0.29) is 18.1 Å². The highest BCUT2D eigenvalue weighted by Gasteiger charge is 2.34. The van der Waals surface area contributed by atoms with Crippen LogP contribution in [0.5, 0.6) is 0 Å². The normalized spacial score (nSPS) is 20.9. The van der Waals surface area contributed by atoms with Crippen molar-refractivity contribution in [2.45, 2.75) is 51.5 Å². The van der Waals surface area contributed by atoms with E-state index in [1.54, 1.807) is 0 Å². The Morgan fingerprint density at radius 3 is 2.33 bits per heavy atom. The standard InChI is InChI=1S/C26H34N2O2/c1-18(2)15-20-16-19(11-13-27)12-14-28(20)26(29)30-17-25-23-9-5-3-7-21(23)22-8-4-6-10-24(22)25/h3-10,18-20,25H,11-17,27H2,1-2H3. The molecule has 2 aliphatic rings. The van der Waals surface area contributed by atoms with Gasteiger partial charge in [-0.15, -0.1) is 0 Å². The van der Waals surface area contributed by atoms with E-state index in [2.05, 4.69) is 62.4 Å². The highest BCUT2D eigenvalue weighted by atomic mass is 16.6. The number of nitrogens with zero attached hydrogens (tertiary/aromatic N) is 1. The van der Waals surface area contributed by atoms with E-state index in [1.165, 1.54) is 22.3 Å². The molecule has 1 heterocycles. The molecule has 1 fully saturated rings. The number of benzene rings is 2. The number of hydrogen-bond acceptors (Lipinski definition) is 3. The summed E-state index contributed by atoms with van der Waals surface area (Å²) in [4.78, 5) is 15.1. The van der Waals surface area contributed by atoms with Crippen LogP contribution in [-0.4, -0.2) is 36.7 Å². The van der Waals surface area contributed by atoms with Crippen molar-refractivity contribution in [2.24, 2.45) is 17.6 Å². The van der Waals surface area contributed by atoms with Gasteiger partial charge in [-0.3, -0.25) is 0 Å². The second-order valence-electron chi connectivity index (χ2n) is 9.25. The van der Waals surface area contributed by atoms with Crippen molar-refractivity contribution in [3.05, 3.63) is 59.7 Å². The van der Waals surface area contributed by atoms with Crippen molar-refractivity contribution < 1.29 is 9.53 Å². The zero-order chi connectivity index (χ0) is 21.1. The summed E-state index contributed by atoms with van der Waals surface area (Å²) in [6.45, 7) is 6.34. The van der Waals surface area contributed by atoms with Crippen LogP contribution in [0.2, 0.25) is 0 Å². The summed E-state index contributed by atoms with van der Waals surface area (Å²) < 4.78 is 5.95. The Morgan fingerprint density at radius 2 is 1.73 bits per heavy atom. The van der Waals surface area contributed by atoms with Gasteiger partial charge < -0.3 is 15.4 Å². The van der Waals surface area contributed by atoms with E-state index in [0.717, 1.165) is 38.8 Å². The van der Waals surface area contributed by atoms with Crippen molar-refractivity contribution in [1.82, 2.24) is 4.90 Å².